The summed E-state index contributed by atoms with van der Waals surface area (Å²) in [7, 11) is 0. The Kier molecular flexibility index (Phi) is 6.37. The van der Waals surface area contributed by atoms with Crippen molar-refractivity contribution in [2.75, 3.05) is 25.0 Å². The molecule has 0 aromatic heterocycles. The molecule has 2 rings (SSSR count). The van der Waals surface area contributed by atoms with Crippen LogP contribution in [0.4, 0.5) is 5.69 Å². The smallest absolute Gasteiger partial charge is 0.314 e. The molecular formula is C19H29N2O3+. The van der Waals surface area contributed by atoms with Crippen LogP contribution in [0.5, 0.6) is 0 Å². The molecule has 1 fully saturated rings. The van der Waals surface area contributed by atoms with Crippen molar-refractivity contribution >= 4 is 17.6 Å². The minimum Gasteiger partial charge on any atom is -0.466 e. The van der Waals surface area contributed by atoms with Crippen molar-refractivity contribution in [1.29, 1.82) is 0 Å². The van der Waals surface area contributed by atoms with Crippen molar-refractivity contribution < 1.29 is 19.2 Å². The molecular weight excluding hydrogens is 304 g/mol. The van der Waals surface area contributed by atoms with Crippen molar-refractivity contribution in [1.82, 2.24) is 0 Å². The van der Waals surface area contributed by atoms with Gasteiger partial charge in [-0.25, -0.2) is 0 Å². The summed E-state index contributed by atoms with van der Waals surface area (Å²) in [6, 6.07) is 5.79. The van der Waals surface area contributed by atoms with E-state index in [-0.39, 0.29) is 23.8 Å². The zero-order valence-corrected chi connectivity index (χ0v) is 15.1. The molecule has 24 heavy (non-hydrogen) atoms. The second kappa shape index (κ2) is 8.29. The number of hydrogen-bond donors (Lipinski definition) is 2. The Labute approximate surface area is 144 Å². The number of rotatable bonds is 5. The molecule has 2 N–H and O–H groups in total. The van der Waals surface area contributed by atoms with E-state index in [0.717, 1.165) is 41.1 Å². The Morgan fingerprint density at radius 2 is 2.00 bits per heavy atom. The van der Waals surface area contributed by atoms with Crippen LogP contribution < -0.4 is 10.2 Å². The minimum absolute atomic E-state index is 0.00640. The van der Waals surface area contributed by atoms with Gasteiger partial charge >= 0.3 is 5.97 Å². The summed E-state index contributed by atoms with van der Waals surface area (Å²) in [6.07, 6.45) is 1.80. The fourth-order valence-corrected chi connectivity index (χ4v) is 3.38. The summed E-state index contributed by atoms with van der Waals surface area (Å²) >= 11 is 0. The summed E-state index contributed by atoms with van der Waals surface area (Å²) in [5.74, 6) is -0.215. The maximum atomic E-state index is 12.7. The average molecular weight is 333 g/mol. The number of piperidine rings is 1. The molecule has 1 amide bonds. The Hall–Kier alpha value is -1.88. The lowest BCUT2D eigenvalue weighted by atomic mass is 9.97. The van der Waals surface area contributed by atoms with Gasteiger partial charge in [0.05, 0.1) is 19.7 Å². The topological polar surface area (TPSA) is 59.8 Å². The van der Waals surface area contributed by atoms with E-state index >= 15 is 0 Å². The first-order valence-electron chi connectivity index (χ1n) is 8.82. The predicted octanol–water partition coefficient (Wildman–Crippen LogP) is 1.49. The Morgan fingerprint density at radius 3 is 2.62 bits per heavy atom. The van der Waals surface area contributed by atoms with E-state index in [4.69, 9.17) is 4.74 Å². The molecule has 1 aromatic carbocycles. The van der Waals surface area contributed by atoms with E-state index in [0.29, 0.717) is 13.2 Å². The highest BCUT2D eigenvalue weighted by molar-refractivity contribution is 5.95. The molecule has 0 saturated carbocycles. The Bertz CT molecular complexity index is 580. The standard InChI is InChI=1S/C19H28N2O3/c1-5-24-19(23)16-10-7-11-21(12-16)15(4)18(22)20-17-13(2)8-6-9-14(17)3/h6,8-9,15-16H,5,7,10-12H2,1-4H3,(H,20,22)/p+1/t15-,16+/m0/s1. The van der Waals surface area contributed by atoms with Gasteiger partial charge in [-0.15, -0.1) is 0 Å². The third kappa shape index (κ3) is 4.35. The number of quaternary nitrogens is 1. The third-order valence-corrected chi connectivity index (χ3v) is 4.91. The van der Waals surface area contributed by atoms with Crippen LogP contribution in [-0.2, 0) is 14.3 Å². The molecule has 0 spiro atoms. The van der Waals surface area contributed by atoms with E-state index in [1.54, 1.807) is 0 Å². The van der Waals surface area contributed by atoms with Crippen molar-refractivity contribution in [3.63, 3.8) is 0 Å². The van der Waals surface area contributed by atoms with Crippen molar-refractivity contribution in [3.05, 3.63) is 29.3 Å². The van der Waals surface area contributed by atoms with Gasteiger partial charge < -0.3 is 15.0 Å². The van der Waals surface area contributed by atoms with Crippen LogP contribution in [-0.4, -0.2) is 37.6 Å². The quantitative estimate of drug-likeness (QED) is 0.803. The van der Waals surface area contributed by atoms with Crippen LogP contribution in [0.25, 0.3) is 0 Å². The largest absolute Gasteiger partial charge is 0.466 e. The van der Waals surface area contributed by atoms with Gasteiger partial charge in [-0.2, -0.15) is 0 Å². The number of aryl methyl sites for hydroxylation is 2. The lowest BCUT2D eigenvalue weighted by molar-refractivity contribution is -0.921. The highest BCUT2D eigenvalue weighted by Gasteiger charge is 2.35. The number of hydrogen-bond acceptors (Lipinski definition) is 3. The minimum atomic E-state index is -0.193. The first kappa shape index (κ1) is 18.5. The highest BCUT2D eigenvalue weighted by atomic mass is 16.5. The summed E-state index contributed by atoms with van der Waals surface area (Å²) < 4.78 is 5.14. The second-order valence-corrected chi connectivity index (χ2v) is 6.68. The van der Waals surface area contributed by atoms with Gasteiger partial charge in [0.1, 0.15) is 5.92 Å². The summed E-state index contributed by atoms with van der Waals surface area (Å²) in [4.78, 5) is 25.8. The molecule has 1 aliphatic heterocycles. The number of nitrogens with one attached hydrogen (secondary N) is 2. The Morgan fingerprint density at radius 1 is 1.33 bits per heavy atom. The number of anilines is 1. The average Bonchev–Trinajstić information content (AvgIpc) is 2.57. The summed E-state index contributed by atoms with van der Waals surface area (Å²) in [5, 5.41) is 3.07. The lowest BCUT2D eigenvalue weighted by Crippen LogP contribution is -3.18. The van der Waals surface area contributed by atoms with Gasteiger partial charge in [0.15, 0.2) is 6.04 Å². The van der Waals surface area contributed by atoms with Gasteiger partial charge in [0.2, 0.25) is 0 Å². The summed E-state index contributed by atoms with van der Waals surface area (Å²) in [5.41, 5.74) is 3.02. The van der Waals surface area contributed by atoms with Crippen molar-refractivity contribution in [2.24, 2.45) is 5.92 Å². The Balaban J connectivity index is 2.01. The van der Waals surface area contributed by atoms with Crippen LogP contribution in [0.1, 0.15) is 37.8 Å². The van der Waals surface area contributed by atoms with E-state index in [1.165, 1.54) is 0 Å². The van der Waals surface area contributed by atoms with Crippen LogP contribution in [0.15, 0.2) is 18.2 Å². The number of para-hydroxylation sites is 1. The van der Waals surface area contributed by atoms with Gasteiger partial charge in [-0.3, -0.25) is 9.59 Å². The molecule has 132 valence electrons. The first-order chi connectivity index (χ1) is 11.4. The van der Waals surface area contributed by atoms with Gasteiger partial charge in [-0.1, -0.05) is 18.2 Å². The lowest BCUT2D eigenvalue weighted by Gasteiger charge is -2.32. The van der Waals surface area contributed by atoms with Crippen LogP contribution in [0.2, 0.25) is 0 Å². The maximum Gasteiger partial charge on any atom is 0.314 e. The molecule has 0 aliphatic carbocycles. The van der Waals surface area contributed by atoms with Gasteiger partial charge in [0, 0.05) is 5.69 Å². The van der Waals surface area contributed by atoms with Gasteiger partial charge in [-0.05, 0) is 51.7 Å². The molecule has 5 heteroatoms. The molecule has 0 bridgehead atoms. The number of benzene rings is 1. The van der Waals surface area contributed by atoms with E-state index in [2.05, 4.69) is 5.32 Å². The number of carbonyl (C=O) groups is 2. The number of amides is 1. The first-order valence-corrected chi connectivity index (χ1v) is 8.82. The van der Waals surface area contributed by atoms with E-state index in [9.17, 15) is 9.59 Å². The van der Waals surface area contributed by atoms with Gasteiger partial charge in [0.25, 0.3) is 5.91 Å². The molecule has 1 unspecified atom stereocenters. The van der Waals surface area contributed by atoms with Crippen LogP contribution >= 0.6 is 0 Å². The fraction of sp³-hybridized carbons (Fsp3) is 0.579. The van der Waals surface area contributed by atoms with E-state index < -0.39 is 0 Å². The molecule has 1 aromatic rings. The fourth-order valence-electron chi connectivity index (χ4n) is 3.38. The second-order valence-electron chi connectivity index (χ2n) is 6.68. The predicted molar refractivity (Wildman–Crippen MR) is 94.1 cm³/mol. The normalized spacial score (nSPS) is 21.8. The third-order valence-electron chi connectivity index (χ3n) is 4.91. The zero-order valence-electron chi connectivity index (χ0n) is 15.1. The SMILES string of the molecule is CCOC(=O)[C@@H]1CCC[NH+]([C@@H](C)C(=O)Nc2c(C)cccc2C)C1. The van der Waals surface area contributed by atoms with Crippen molar-refractivity contribution in [3.8, 4) is 0 Å². The molecule has 1 saturated heterocycles. The molecule has 0 radical (unpaired) electrons. The number of ether oxygens (including phenoxy) is 1. The molecule has 5 nitrogen and oxygen atoms in total. The maximum absolute atomic E-state index is 12.7. The van der Waals surface area contributed by atoms with E-state index in [1.807, 2.05) is 45.9 Å². The van der Waals surface area contributed by atoms with Crippen LogP contribution in [0, 0.1) is 19.8 Å². The van der Waals surface area contributed by atoms with Crippen LogP contribution in [0.3, 0.4) is 0 Å². The number of esters is 1. The molecule has 1 heterocycles. The van der Waals surface area contributed by atoms with Crippen molar-refractivity contribution in [2.45, 2.75) is 46.6 Å². The molecule has 1 aliphatic rings. The molecule has 3 atom stereocenters. The monoisotopic (exact) mass is 333 g/mol. The number of likely N-dealkylation sites (tertiary alicyclic amines) is 1. The number of carbonyl (C=O) groups excluding carboxylic acids is 2. The highest BCUT2D eigenvalue weighted by Crippen LogP contribution is 2.19. The summed E-state index contributed by atoms with van der Waals surface area (Å²) in [6.45, 7) is 9.75. The zero-order chi connectivity index (χ0) is 17.7.